The van der Waals surface area contributed by atoms with Crippen molar-refractivity contribution in [1.82, 2.24) is 0 Å². The Morgan fingerprint density at radius 2 is 1.90 bits per heavy atom. The van der Waals surface area contributed by atoms with E-state index in [1.54, 1.807) is 56.3 Å². The molecule has 1 saturated heterocycles. The minimum Gasteiger partial charge on any atom is -0.462 e. The lowest BCUT2D eigenvalue weighted by molar-refractivity contribution is 0.0525. The minimum atomic E-state index is -3.36. The maximum atomic E-state index is 12.8. The number of benzene rings is 2. The molecule has 0 radical (unpaired) electrons. The molecule has 1 heterocycles. The van der Waals surface area contributed by atoms with Crippen molar-refractivity contribution in [3.63, 3.8) is 0 Å². The zero-order valence-corrected chi connectivity index (χ0v) is 17.3. The molecule has 2 aromatic rings. The topological polar surface area (TPSA) is 92.8 Å². The van der Waals surface area contributed by atoms with Crippen molar-refractivity contribution >= 4 is 33.3 Å². The lowest BCUT2D eigenvalue weighted by Gasteiger charge is -2.28. The molecule has 0 atom stereocenters. The molecule has 0 aromatic heterocycles. The van der Waals surface area contributed by atoms with Crippen molar-refractivity contribution in [3.8, 4) is 0 Å². The average Bonchev–Trinajstić information content (AvgIpc) is 2.69. The molecule has 1 aliphatic rings. The number of amides is 1. The Labute approximate surface area is 170 Å². The number of esters is 1. The van der Waals surface area contributed by atoms with Gasteiger partial charge in [-0.25, -0.2) is 13.2 Å². The van der Waals surface area contributed by atoms with Gasteiger partial charge in [0, 0.05) is 17.8 Å². The summed E-state index contributed by atoms with van der Waals surface area (Å²) in [6.45, 7) is 4.14. The van der Waals surface area contributed by atoms with E-state index in [1.807, 2.05) is 0 Å². The highest BCUT2D eigenvalue weighted by atomic mass is 32.2. The van der Waals surface area contributed by atoms with Crippen molar-refractivity contribution in [3.05, 3.63) is 59.2 Å². The standard InChI is InChI=1S/C21H24N2O5S/c1-3-28-21(25)18-10-7-11-19(15(18)2)22-20(24)16-8-6-9-17(14-16)23-12-4-5-13-29(23,26)27/h6-11,14H,3-5,12-13H2,1-2H3,(H,22,24). The van der Waals surface area contributed by atoms with E-state index < -0.39 is 16.0 Å². The van der Waals surface area contributed by atoms with Gasteiger partial charge in [0.1, 0.15) is 0 Å². The Bertz CT molecular complexity index is 1030. The van der Waals surface area contributed by atoms with E-state index in [9.17, 15) is 18.0 Å². The van der Waals surface area contributed by atoms with E-state index in [2.05, 4.69) is 5.32 Å². The molecule has 0 unspecified atom stereocenters. The molecule has 8 heteroatoms. The Kier molecular flexibility index (Phi) is 6.22. The molecule has 1 fully saturated rings. The summed E-state index contributed by atoms with van der Waals surface area (Å²) in [5, 5.41) is 2.80. The van der Waals surface area contributed by atoms with E-state index in [-0.39, 0.29) is 18.3 Å². The Morgan fingerprint density at radius 1 is 1.14 bits per heavy atom. The Balaban J connectivity index is 1.84. The van der Waals surface area contributed by atoms with Crippen molar-refractivity contribution in [1.29, 1.82) is 0 Å². The van der Waals surface area contributed by atoms with Crippen LogP contribution in [0.5, 0.6) is 0 Å². The van der Waals surface area contributed by atoms with Crippen LogP contribution in [0.15, 0.2) is 42.5 Å². The lowest BCUT2D eigenvalue weighted by atomic mass is 10.1. The zero-order valence-electron chi connectivity index (χ0n) is 16.5. The number of hydrogen-bond donors (Lipinski definition) is 1. The van der Waals surface area contributed by atoms with Crippen LogP contribution in [0.1, 0.15) is 46.0 Å². The predicted octanol–water partition coefficient (Wildman–Crippen LogP) is 3.35. The van der Waals surface area contributed by atoms with Crippen LogP contribution >= 0.6 is 0 Å². The number of carbonyl (C=O) groups is 2. The summed E-state index contributed by atoms with van der Waals surface area (Å²) < 4.78 is 31.1. The minimum absolute atomic E-state index is 0.114. The van der Waals surface area contributed by atoms with Crippen molar-refractivity contribution in [2.75, 3.05) is 28.5 Å². The number of hydrogen-bond acceptors (Lipinski definition) is 5. The summed E-state index contributed by atoms with van der Waals surface area (Å²) in [6, 6.07) is 11.6. The highest BCUT2D eigenvalue weighted by molar-refractivity contribution is 7.92. The molecule has 1 N–H and O–H groups in total. The van der Waals surface area contributed by atoms with Crippen LogP contribution in [0.2, 0.25) is 0 Å². The molecule has 0 spiro atoms. The van der Waals surface area contributed by atoms with E-state index >= 15 is 0 Å². The van der Waals surface area contributed by atoms with Crippen molar-refractivity contribution < 1.29 is 22.7 Å². The summed E-state index contributed by atoms with van der Waals surface area (Å²) in [7, 11) is -3.36. The third-order valence-corrected chi connectivity index (χ3v) is 6.69. The van der Waals surface area contributed by atoms with Crippen LogP contribution in [0.25, 0.3) is 0 Å². The van der Waals surface area contributed by atoms with Gasteiger partial charge in [0.15, 0.2) is 0 Å². The molecular formula is C21H24N2O5S. The second kappa shape index (κ2) is 8.65. The van der Waals surface area contributed by atoms with Gasteiger partial charge < -0.3 is 10.1 Å². The summed E-state index contributed by atoms with van der Waals surface area (Å²) >= 11 is 0. The predicted molar refractivity (Wildman–Crippen MR) is 112 cm³/mol. The summed E-state index contributed by atoms with van der Waals surface area (Å²) in [5.41, 5.74) is 2.31. The number of nitrogens with one attached hydrogen (secondary N) is 1. The van der Waals surface area contributed by atoms with Gasteiger partial charge in [-0.05, 0) is 62.6 Å². The number of sulfonamides is 1. The molecule has 0 saturated carbocycles. The average molecular weight is 416 g/mol. The first-order chi connectivity index (χ1) is 13.8. The van der Waals surface area contributed by atoms with Crippen LogP contribution in [0.4, 0.5) is 11.4 Å². The molecule has 7 nitrogen and oxygen atoms in total. The molecule has 0 aliphatic carbocycles. The first kappa shape index (κ1) is 20.9. The molecule has 2 aromatic carbocycles. The van der Waals surface area contributed by atoms with Gasteiger partial charge in [-0.1, -0.05) is 12.1 Å². The zero-order chi connectivity index (χ0) is 21.0. The van der Waals surface area contributed by atoms with Crippen LogP contribution in [-0.4, -0.2) is 39.2 Å². The van der Waals surface area contributed by atoms with Gasteiger partial charge >= 0.3 is 5.97 Å². The van der Waals surface area contributed by atoms with E-state index in [0.717, 1.165) is 6.42 Å². The summed E-state index contributed by atoms with van der Waals surface area (Å²) in [4.78, 5) is 24.8. The van der Waals surface area contributed by atoms with Gasteiger partial charge in [0.2, 0.25) is 10.0 Å². The largest absolute Gasteiger partial charge is 0.462 e. The van der Waals surface area contributed by atoms with Crippen LogP contribution < -0.4 is 9.62 Å². The molecule has 1 amide bonds. The molecule has 3 rings (SSSR count). The molecule has 1 aliphatic heterocycles. The van der Waals surface area contributed by atoms with Crippen molar-refractivity contribution in [2.24, 2.45) is 0 Å². The first-order valence-electron chi connectivity index (χ1n) is 9.52. The molecule has 29 heavy (non-hydrogen) atoms. The van der Waals surface area contributed by atoms with Crippen molar-refractivity contribution in [2.45, 2.75) is 26.7 Å². The number of rotatable bonds is 5. The van der Waals surface area contributed by atoms with Gasteiger partial charge in [-0.2, -0.15) is 0 Å². The lowest BCUT2D eigenvalue weighted by Crippen LogP contribution is -2.37. The summed E-state index contributed by atoms with van der Waals surface area (Å²) in [6.07, 6.45) is 1.44. The quantitative estimate of drug-likeness (QED) is 0.755. The van der Waals surface area contributed by atoms with Gasteiger partial charge in [-0.15, -0.1) is 0 Å². The van der Waals surface area contributed by atoms with Gasteiger partial charge in [0.25, 0.3) is 5.91 Å². The third kappa shape index (κ3) is 4.59. The Morgan fingerprint density at radius 3 is 2.62 bits per heavy atom. The van der Waals surface area contributed by atoms with E-state index in [0.29, 0.717) is 41.0 Å². The SMILES string of the molecule is CCOC(=O)c1cccc(NC(=O)c2cccc(N3CCCCS3(=O)=O)c2)c1C. The normalized spacial score (nSPS) is 15.6. The monoisotopic (exact) mass is 416 g/mol. The number of anilines is 2. The highest BCUT2D eigenvalue weighted by Crippen LogP contribution is 2.25. The fraction of sp³-hybridized carbons (Fsp3) is 0.333. The number of ether oxygens (including phenoxy) is 1. The van der Waals surface area contributed by atoms with Gasteiger partial charge in [-0.3, -0.25) is 9.10 Å². The molecule has 154 valence electrons. The van der Waals surface area contributed by atoms with E-state index in [1.165, 1.54) is 4.31 Å². The molecular weight excluding hydrogens is 392 g/mol. The second-order valence-corrected chi connectivity index (χ2v) is 8.81. The highest BCUT2D eigenvalue weighted by Gasteiger charge is 2.26. The number of carbonyl (C=O) groups excluding carboxylic acids is 2. The third-order valence-electron chi connectivity index (χ3n) is 4.82. The van der Waals surface area contributed by atoms with Crippen LogP contribution in [0, 0.1) is 6.92 Å². The van der Waals surface area contributed by atoms with Crippen LogP contribution in [-0.2, 0) is 14.8 Å². The summed E-state index contributed by atoms with van der Waals surface area (Å²) in [5.74, 6) is -0.715. The fourth-order valence-corrected chi connectivity index (χ4v) is 4.91. The second-order valence-electron chi connectivity index (χ2n) is 6.80. The first-order valence-corrected chi connectivity index (χ1v) is 11.1. The smallest absolute Gasteiger partial charge is 0.338 e. The molecule has 0 bridgehead atoms. The van der Waals surface area contributed by atoms with E-state index in [4.69, 9.17) is 4.74 Å². The van der Waals surface area contributed by atoms with Crippen LogP contribution in [0.3, 0.4) is 0 Å². The maximum Gasteiger partial charge on any atom is 0.338 e. The fourth-order valence-electron chi connectivity index (χ4n) is 3.28. The maximum absolute atomic E-state index is 12.8. The number of nitrogens with zero attached hydrogens (tertiary/aromatic N) is 1. The van der Waals surface area contributed by atoms with Gasteiger partial charge in [0.05, 0.1) is 23.6 Å². The Hall–Kier alpha value is -2.87.